The molecule has 3 amide bonds. The number of urea groups is 1. The number of furan rings is 1. The number of likely N-dealkylation sites (tertiary alicyclic amines) is 1. The van der Waals surface area contributed by atoms with E-state index >= 15 is 0 Å². The van der Waals surface area contributed by atoms with Gasteiger partial charge in [-0.15, -0.1) is 0 Å². The lowest BCUT2D eigenvalue weighted by Crippen LogP contribution is -2.50. The molecule has 6 heteroatoms. The molecule has 1 saturated heterocycles. The Kier molecular flexibility index (Phi) is 6.26. The molecule has 31 heavy (non-hydrogen) atoms. The van der Waals surface area contributed by atoms with Crippen molar-refractivity contribution in [3.63, 3.8) is 0 Å². The molecule has 4 rings (SSSR count). The molecule has 0 radical (unpaired) electrons. The molecule has 0 unspecified atom stereocenters. The fourth-order valence-corrected chi connectivity index (χ4v) is 4.08. The Balaban J connectivity index is 1.54. The maximum atomic E-state index is 13.2. The Morgan fingerprint density at radius 2 is 1.77 bits per heavy atom. The van der Waals surface area contributed by atoms with Gasteiger partial charge in [-0.05, 0) is 44.4 Å². The second-order valence-electron chi connectivity index (χ2n) is 8.43. The molecule has 1 aliphatic heterocycles. The zero-order valence-corrected chi connectivity index (χ0v) is 18.0. The quantitative estimate of drug-likeness (QED) is 0.641. The summed E-state index contributed by atoms with van der Waals surface area (Å²) in [7, 11) is 0. The molecule has 2 N–H and O–H groups in total. The van der Waals surface area contributed by atoms with Crippen LogP contribution >= 0.6 is 0 Å². The summed E-state index contributed by atoms with van der Waals surface area (Å²) in [5.41, 5.74) is 1.75. The first-order valence-corrected chi connectivity index (χ1v) is 10.9. The van der Waals surface area contributed by atoms with Crippen LogP contribution in [0, 0.1) is 5.92 Å². The third-order valence-electron chi connectivity index (χ3n) is 5.64. The van der Waals surface area contributed by atoms with Gasteiger partial charge < -0.3 is 20.0 Å². The first-order valence-electron chi connectivity index (χ1n) is 10.9. The van der Waals surface area contributed by atoms with Gasteiger partial charge in [-0.3, -0.25) is 4.79 Å². The molecule has 1 aromatic heterocycles. The number of hydrogen-bond donors (Lipinski definition) is 2. The van der Waals surface area contributed by atoms with Gasteiger partial charge in [0.25, 0.3) is 0 Å². The van der Waals surface area contributed by atoms with Crippen molar-refractivity contribution in [3.05, 3.63) is 72.0 Å². The fourth-order valence-electron chi connectivity index (χ4n) is 4.08. The summed E-state index contributed by atoms with van der Waals surface area (Å²) in [6.45, 7) is 4.97. The van der Waals surface area contributed by atoms with E-state index in [0.717, 1.165) is 29.4 Å². The van der Waals surface area contributed by atoms with Gasteiger partial charge >= 0.3 is 6.03 Å². The number of benzene rings is 2. The number of carbonyl (C=O) groups excluding carboxylic acids is 2. The van der Waals surface area contributed by atoms with Gasteiger partial charge in [0.1, 0.15) is 17.4 Å². The fraction of sp³-hybridized carbons (Fsp3) is 0.360. The van der Waals surface area contributed by atoms with Gasteiger partial charge in [-0.2, -0.15) is 0 Å². The molecule has 0 spiro atoms. The van der Waals surface area contributed by atoms with Crippen molar-refractivity contribution >= 4 is 22.9 Å². The highest BCUT2D eigenvalue weighted by Gasteiger charge is 2.31. The highest BCUT2D eigenvalue weighted by atomic mass is 16.3. The highest BCUT2D eigenvalue weighted by molar-refractivity contribution is 5.82. The molecule has 2 aromatic carbocycles. The van der Waals surface area contributed by atoms with Crippen molar-refractivity contribution in [2.24, 2.45) is 5.92 Å². The van der Waals surface area contributed by atoms with Crippen molar-refractivity contribution in [1.82, 2.24) is 15.5 Å². The minimum absolute atomic E-state index is 0.0589. The number of rotatable bonds is 5. The van der Waals surface area contributed by atoms with Crippen LogP contribution in [0.3, 0.4) is 0 Å². The Bertz CT molecular complexity index is 1010. The number of piperidine rings is 1. The van der Waals surface area contributed by atoms with Crippen molar-refractivity contribution in [2.75, 3.05) is 13.1 Å². The van der Waals surface area contributed by atoms with E-state index in [0.29, 0.717) is 18.8 Å². The molecular weight excluding hydrogens is 390 g/mol. The average molecular weight is 420 g/mol. The Hall–Kier alpha value is -3.28. The summed E-state index contributed by atoms with van der Waals surface area (Å²) in [6.07, 6.45) is 1.57. The van der Waals surface area contributed by atoms with Crippen molar-refractivity contribution in [1.29, 1.82) is 0 Å². The summed E-state index contributed by atoms with van der Waals surface area (Å²) in [5.74, 6) is 0.393. The number of fused-ring (bicyclic) bond motifs is 1. The predicted molar refractivity (Wildman–Crippen MR) is 121 cm³/mol. The Morgan fingerprint density at radius 1 is 1.03 bits per heavy atom. The van der Waals surface area contributed by atoms with Crippen molar-refractivity contribution in [2.45, 2.75) is 38.8 Å². The first-order chi connectivity index (χ1) is 15.0. The largest absolute Gasteiger partial charge is 0.459 e. The molecular formula is C25H29N3O3. The maximum Gasteiger partial charge on any atom is 0.317 e. The minimum atomic E-state index is -0.388. The predicted octanol–water partition coefficient (Wildman–Crippen LogP) is 4.47. The lowest BCUT2D eigenvalue weighted by molar-refractivity contribution is -0.126. The van der Waals surface area contributed by atoms with E-state index < -0.39 is 0 Å². The third kappa shape index (κ3) is 4.90. The number of hydrogen-bond acceptors (Lipinski definition) is 3. The summed E-state index contributed by atoms with van der Waals surface area (Å²) in [5, 5.41) is 7.11. The van der Waals surface area contributed by atoms with E-state index in [2.05, 4.69) is 10.6 Å². The van der Waals surface area contributed by atoms with E-state index in [1.165, 1.54) is 0 Å². The molecule has 3 aromatic rings. The van der Waals surface area contributed by atoms with Gasteiger partial charge in [0.15, 0.2) is 0 Å². The molecule has 1 fully saturated rings. The molecule has 2 atom stereocenters. The molecule has 0 saturated carbocycles. The molecule has 162 valence electrons. The third-order valence-corrected chi connectivity index (χ3v) is 5.64. The Morgan fingerprint density at radius 3 is 2.52 bits per heavy atom. The first kappa shape index (κ1) is 21.0. The smallest absolute Gasteiger partial charge is 0.317 e. The van der Waals surface area contributed by atoms with Crippen molar-refractivity contribution < 1.29 is 14.0 Å². The van der Waals surface area contributed by atoms with Crippen LogP contribution in [0.4, 0.5) is 4.79 Å². The van der Waals surface area contributed by atoms with E-state index in [1.807, 2.05) is 74.5 Å². The molecule has 2 heterocycles. The van der Waals surface area contributed by atoms with Crippen LogP contribution in [0.25, 0.3) is 11.0 Å². The maximum absolute atomic E-state index is 13.2. The summed E-state index contributed by atoms with van der Waals surface area (Å²) >= 11 is 0. The lowest BCUT2D eigenvalue weighted by atomic mass is 9.96. The van der Waals surface area contributed by atoms with Gasteiger partial charge in [0, 0.05) is 24.5 Å². The van der Waals surface area contributed by atoms with Crippen LogP contribution < -0.4 is 10.6 Å². The highest BCUT2D eigenvalue weighted by Crippen LogP contribution is 2.29. The number of amides is 3. The van der Waals surface area contributed by atoms with E-state index in [4.69, 9.17) is 4.42 Å². The summed E-state index contributed by atoms with van der Waals surface area (Å²) < 4.78 is 6.09. The van der Waals surface area contributed by atoms with Crippen LogP contribution in [-0.2, 0) is 4.79 Å². The number of nitrogens with zero attached hydrogens (tertiary/aromatic N) is 1. The average Bonchev–Trinajstić information content (AvgIpc) is 3.21. The second-order valence-corrected chi connectivity index (χ2v) is 8.43. The van der Waals surface area contributed by atoms with Gasteiger partial charge in [0.05, 0.1) is 5.92 Å². The van der Waals surface area contributed by atoms with Gasteiger partial charge in [-0.25, -0.2) is 4.79 Å². The second kappa shape index (κ2) is 9.25. The molecule has 0 bridgehead atoms. The molecule has 0 aliphatic carbocycles. The summed E-state index contributed by atoms with van der Waals surface area (Å²) in [4.78, 5) is 27.4. The van der Waals surface area contributed by atoms with Crippen LogP contribution in [0.1, 0.15) is 44.1 Å². The van der Waals surface area contributed by atoms with Crippen LogP contribution in [0.2, 0.25) is 0 Å². The standard InChI is InChI=1S/C25H29N3O3/c1-17(2)26-25(30)28-14-8-12-20(16-28)24(29)27-23(18-9-4-3-5-10-18)22-15-19-11-6-7-13-21(19)31-22/h3-7,9-11,13,15,17,20,23H,8,12,14,16H2,1-2H3,(H,26,30)(H,27,29)/t20-,23-/m1/s1. The monoisotopic (exact) mass is 419 g/mol. The topological polar surface area (TPSA) is 74.6 Å². The number of nitrogens with one attached hydrogen (secondary N) is 2. The minimum Gasteiger partial charge on any atom is -0.459 e. The summed E-state index contributed by atoms with van der Waals surface area (Å²) in [6, 6.07) is 19.2. The van der Waals surface area contributed by atoms with Crippen LogP contribution in [0.5, 0.6) is 0 Å². The zero-order valence-electron chi connectivity index (χ0n) is 18.0. The normalized spacial score (nSPS) is 17.5. The SMILES string of the molecule is CC(C)NC(=O)N1CCC[C@@H](C(=O)N[C@H](c2ccccc2)c2cc3ccccc3o2)C1. The van der Waals surface area contributed by atoms with Gasteiger partial charge in [0.2, 0.25) is 5.91 Å². The van der Waals surface area contributed by atoms with E-state index in [9.17, 15) is 9.59 Å². The van der Waals surface area contributed by atoms with Gasteiger partial charge in [-0.1, -0.05) is 48.5 Å². The van der Waals surface area contributed by atoms with E-state index in [-0.39, 0.29) is 29.9 Å². The van der Waals surface area contributed by atoms with Crippen molar-refractivity contribution in [3.8, 4) is 0 Å². The molecule has 6 nitrogen and oxygen atoms in total. The Labute approximate surface area is 182 Å². The zero-order chi connectivity index (χ0) is 21.8. The number of para-hydroxylation sites is 1. The van der Waals surface area contributed by atoms with Crippen LogP contribution in [0.15, 0.2) is 65.1 Å². The van der Waals surface area contributed by atoms with Crippen LogP contribution in [-0.4, -0.2) is 36.0 Å². The lowest BCUT2D eigenvalue weighted by Gasteiger charge is -2.33. The number of carbonyl (C=O) groups is 2. The van der Waals surface area contributed by atoms with E-state index in [1.54, 1.807) is 4.90 Å². The molecule has 1 aliphatic rings.